The van der Waals surface area contributed by atoms with E-state index < -0.39 is 0 Å². The second-order valence-electron chi connectivity index (χ2n) is 7.00. The lowest BCUT2D eigenvalue weighted by Gasteiger charge is -2.17. The Morgan fingerprint density at radius 3 is 3.00 bits per heavy atom. The van der Waals surface area contributed by atoms with Gasteiger partial charge in [0.05, 0.1) is 5.52 Å². The van der Waals surface area contributed by atoms with Crippen molar-refractivity contribution in [2.45, 2.75) is 25.7 Å². The monoisotopic (exact) mass is 373 g/mol. The molecule has 0 spiro atoms. The summed E-state index contributed by atoms with van der Waals surface area (Å²) in [4.78, 5) is 18.9. The number of rotatable bonds is 4. The highest BCUT2D eigenvalue weighted by Gasteiger charge is 2.35. The van der Waals surface area contributed by atoms with Crippen LogP contribution in [0.1, 0.15) is 30.7 Å². The number of para-hydroxylation sites is 1. The number of hydrogen-bond donors (Lipinski definition) is 1. The Balaban J connectivity index is 1.41. The van der Waals surface area contributed by atoms with Gasteiger partial charge in [-0.1, -0.05) is 42.4 Å². The third-order valence-electron chi connectivity index (χ3n) is 5.24. The Morgan fingerprint density at radius 1 is 1.21 bits per heavy atom. The summed E-state index contributed by atoms with van der Waals surface area (Å²) in [6, 6.07) is 15.9. The van der Waals surface area contributed by atoms with Gasteiger partial charge in [0.15, 0.2) is 11.5 Å². The number of hydrogen-bond acceptors (Lipinski definition) is 5. The fourth-order valence-corrected chi connectivity index (χ4v) is 3.70. The maximum atomic E-state index is 12.6. The number of carbonyl (C=O) groups excluding carboxylic acids is 1. The Morgan fingerprint density at radius 2 is 2.11 bits per heavy atom. The molecule has 1 fully saturated rings. The van der Waals surface area contributed by atoms with Crippen molar-refractivity contribution >= 4 is 22.5 Å². The second kappa shape index (κ2) is 6.60. The van der Waals surface area contributed by atoms with Gasteiger partial charge in [-0.2, -0.15) is 10.1 Å². The van der Waals surface area contributed by atoms with E-state index in [1.54, 1.807) is 0 Å². The molecule has 4 aromatic rings. The van der Waals surface area contributed by atoms with Crippen molar-refractivity contribution in [3.8, 4) is 11.6 Å². The SMILES string of the molecule is CCc1cccc(N2CC(c3noc(-c4n[nH]c5ccccc45)n3)CC2=O)c1. The number of anilines is 1. The molecule has 1 saturated heterocycles. The van der Waals surface area contributed by atoms with E-state index in [2.05, 4.69) is 39.4 Å². The van der Waals surface area contributed by atoms with Gasteiger partial charge in [-0.3, -0.25) is 9.89 Å². The van der Waals surface area contributed by atoms with Crippen molar-refractivity contribution in [3.05, 3.63) is 59.9 Å². The summed E-state index contributed by atoms with van der Waals surface area (Å²) in [5, 5.41) is 12.3. The number of aromatic nitrogens is 4. The number of carbonyl (C=O) groups is 1. The van der Waals surface area contributed by atoms with Gasteiger partial charge in [0.1, 0.15) is 0 Å². The van der Waals surface area contributed by atoms with Crippen LogP contribution >= 0.6 is 0 Å². The molecule has 5 rings (SSSR count). The molecule has 0 radical (unpaired) electrons. The van der Waals surface area contributed by atoms with E-state index in [0.29, 0.717) is 30.4 Å². The fraction of sp³-hybridized carbons (Fsp3) is 0.238. The molecule has 0 saturated carbocycles. The first kappa shape index (κ1) is 16.7. The van der Waals surface area contributed by atoms with E-state index in [9.17, 15) is 4.79 Å². The van der Waals surface area contributed by atoms with Gasteiger partial charge in [-0.05, 0) is 30.2 Å². The maximum absolute atomic E-state index is 12.6. The number of benzene rings is 2. The zero-order valence-electron chi connectivity index (χ0n) is 15.4. The molecule has 3 heterocycles. The van der Waals surface area contributed by atoms with Gasteiger partial charge in [0, 0.05) is 30.0 Å². The lowest BCUT2D eigenvalue weighted by atomic mass is 10.1. The van der Waals surface area contributed by atoms with Gasteiger partial charge in [-0.15, -0.1) is 0 Å². The summed E-state index contributed by atoms with van der Waals surface area (Å²) in [5.74, 6) is 0.895. The number of aryl methyl sites for hydroxylation is 1. The van der Waals surface area contributed by atoms with Crippen LogP contribution in [0.4, 0.5) is 5.69 Å². The number of aromatic amines is 1. The quantitative estimate of drug-likeness (QED) is 0.589. The third kappa shape index (κ3) is 2.76. The Kier molecular flexibility index (Phi) is 3.93. The van der Waals surface area contributed by atoms with Crippen molar-refractivity contribution in [1.29, 1.82) is 0 Å². The zero-order valence-corrected chi connectivity index (χ0v) is 15.4. The molecule has 1 N–H and O–H groups in total. The molecule has 1 aliphatic heterocycles. The minimum Gasteiger partial charge on any atom is -0.332 e. The minimum absolute atomic E-state index is 0.0785. The Hall–Kier alpha value is -3.48. The average molecular weight is 373 g/mol. The molecule has 2 aromatic heterocycles. The van der Waals surface area contributed by atoms with Crippen LogP contribution in [0.15, 0.2) is 53.1 Å². The van der Waals surface area contributed by atoms with Crippen LogP contribution in [0.5, 0.6) is 0 Å². The second-order valence-corrected chi connectivity index (χ2v) is 7.00. The summed E-state index contributed by atoms with van der Waals surface area (Å²) in [7, 11) is 0. The normalized spacial score (nSPS) is 17.0. The molecular formula is C21H19N5O2. The summed E-state index contributed by atoms with van der Waals surface area (Å²) >= 11 is 0. The van der Waals surface area contributed by atoms with Gasteiger partial charge >= 0.3 is 0 Å². The molecule has 140 valence electrons. The predicted molar refractivity (Wildman–Crippen MR) is 105 cm³/mol. The fourth-order valence-electron chi connectivity index (χ4n) is 3.70. The van der Waals surface area contributed by atoms with Gasteiger partial charge in [-0.25, -0.2) is 0 Å². The van der Waals surface area contributed by atoms with Crippen LogP contribution in [0.3, 0.4) is 0 Å². The van der Waals surface area contributed by atoms with E-state index in [4.69, 9.17) is 4.52 Å². The van der Waals surface area contributed by atoms with Crippen molar-refractivity contribution in [2.75, 3.05) is 11.4 Å². The van der Waals surface area contributed by atoms with Crippen LogP contribution in [-0.2, 0) is 11.2 Å². The van der Waals surface area contributed by atoms with Gasteiger partial charge in [0.2, 0.25) is 5.91 Å². The topological polar surface area (TPSA) is 87.9 Å². The lowest BCUT2D eigenvalue weighted by Crippen LogP contribution is -2.24. The first-order chi connectivity index (χ1) is 13.7. The average Bonchev–Trinajstić information content (AvgIpc) is 3.45. The van der Waals surface area contributed by atoms with Crippen molar-refractivity contribution < 1.29 is 9.32 Å². The molecule has 0 bridgehead atoms. The van der Waals surface area contributed by atoms with Crippen molar-refractivity contribution in [3.63, 3.8) is 0 Å². The smallest absolute Gasteiger partial charge is 0.279 e. The van der Waals surface area contributed by atoms with Crippen LogP contribution < -0.4 is 4.90 Å². The lowest BCUT2D eigenvalue weighted by molar-refractivity contribution is -0.117. The highest BCUT2D eigenvalue weighted by molar-refractivity contribution is 5.96. The third-order valence-corrected chi connectivity index (χ3v) is 5.24. The Bertz CT molecular complexity index is 1160. The van der Waals surface area contributed by atoms with E-state index in [1.165, 1.54) is 5.56 Å². The number of H-pyrrole nitrogens is 1. The van der Waals surface area contributed by atoms with Crippen molar-refractivity contribution in [1.82, 2.24) is 20.3 Å². The first-order valence-corrected chi connectivity index (χ1v) is 9.39. The van der Waals surface area contributed by atoms with Crippen LogP contribution in [0, 0.1) is 0 Å². The van der Waals surface area contributed by atoms with Crippen LogP contribution in [0.25, 0.3) is 22.5 Å². The molecule has 0 aliphatic carbocycles. The number of nitrogens with zero attached hydrogens (tertiary/aromatic N) is 4. The van der Waals surface area contributed by atoms with E-state index >= 15 is 0 Å². The van der Waals surface area contributed by atoms with Crippen molar-refractivity contribution in [2.24, 2.45) is 0 Å². The highest BCUT2D eigenvalue weighted by atomic mass is 16.5. The Labute approximate surface area is 161 Å². The summed E-state index contributed by atoms with van der Waals surface area (Å²) in [6.07, 6.45) is 1.31. The van der Waals surface area contributed by atoms with E-state index in [1.807, 2.05) is 41.3 Å². The van der Waals surface area contributed by atoms with Gasteiger partial charge in [0.25, 0.3) is 5.89 Å². The molecule has 1 amide bonds. The zero-order chi connectivity index (χ0) is 19.1. The van der Waals surface area contributed by atoms with Crippen LogP contribution in [0.2, 0.25) is 0 Å². The molecule has 7 heteroatoms. The molecule has 1 unspecified atom stereocenters. The molecule has 28 heavy (non-hydrogen) atoms. The van der Waals surface area contributed by atoms with Crippen LogP contribution in [-0.4, -0.2) is 32.8 Å². The molecule has 2 aromatic carbocycles. The largest absolute Gasteiger partial charge is 0.332 e. The minimum atomic E-state index is -0.0968. The number of fused-ring (bicyclic) bond motifs is 1. The molecule has 1 aliphatic rings. The number of amides is 1. The molecular weight excluding hydrogens is 354 g/mol. The first-order valence-electron chi connectivity index (χ1n) is 9.39. The maximum Gasteiger partial charge on any atom is 0.279 e. The highest BCUT2D eigenvalue weighted by Crippen LogP contribution is 2.32. The van der Waals surface area contributed by atoms with E-state index in [-0.39, 0.29) is 11.8 Å². The molecule has 1 atom stereocenters. The number of nitrogens with one attached hydrogen (secondary N) is 1. The van der Waals surface area contributed by atoms with Gasteiger partial charge < -0.3 is 9.42 Å². The summed E-state index contributed by atoms with van der Waals surface area (Å²) < 4.78 is 5.47. The summed E-state index contributed by atoms with van der Waals surface area (Å²) in [6.45, 7) is 2.65. The molecule has 7 nitrogen and oxygen atoms in total. The predicted octanol–water partition coefficient (Wildman–Crippen LogP) is 3.70. The standard InChI is InChI=1S/C21H19N5O2/c1-2-13-6-5-7-15(10-13)26-12-14(11-18(26)27)20-22-21(28-25-20)19-16-8-3-4-9-17(16)23-24-19/h3-10,14H,2,11-12H2,1H3,(H,23,24). The van der Waals surface area contributed by atoms with E-state index in [0.717, 1.165) is 23.0 Å². The summed E-state index contributed by atoms with van der Waals surface area (Å²) in [5.41, 5.74) is 3.68.